The minimum Gasteiger partial charge on any atom is -0.392 e. The standard InChI is InChI=1S/C10H15ClN2O2/c1-7(14)5-13(3)10(15)9-4-8(11)6-12(9)2/h4,6-7,14H,5H2,1-3H3. The Morgan fingerprint density at radius 3 is 2.73 bits per heavy atom. The first-order chi connectivity index (χ1) is 6.91. The summed E-state index contributed by atoms with van der Waals surface area (Å²) in [5.41, 5.74) is 0.517. The van der Waals surface area contributed by atoms with Crippen LogP contribution in [0.15, 0.2) is 12.3 Å². The number of hydrogen-bond donors (Lipinski definition) is 1. The first-order valence-electron chi connectivity index (χ1n) is 4.67. The molecule has 1 rings (SSSR count). The lowest BCUT2D eigenvalue weighted by molar-refractivity contribution is 0.0694. The molecule has 1 unspecified atom stereocenters. The summed E-state index contributed by atoms with van der Waals surface area (Å²) in [7, 11) is 3.41. The second kappa shape index (κ2) is 4.68. The van der Waals surface area contributed by atoms with Gasteiger partial charge in [0.2, 0.25) is 0 Å². The Balaban J connectivity index is 2.80. The number of aliphatic hydroxyl groups is 1. The number of rotatable bonds is 3. The van der Waals surface area contributed by atoms with Crippen molar-refractivity contribution in [2.45, 2.75) is 13.0 Å². The van der Waals surface area contributed by atoms with Crippen LogP contribution in [0.1, 0.15) is 17.4 Å². The van der Waals surface area contributed by atoms with Crippen molar-refractivity contribution >= 4 is 17.5 Å². The van der Waals surface area contributed by atoms with Gasteiger partial charge in [-0.15, -0.1) is 0 Å². The number of halogens is 1. The third-order valence-electron chi connectivity index (χ3n) is 2.08. The van der Waals surface area contributed by atoms with E-state index < -0.39 is 6.10 Å². The molecule has 4 nitrogen and oxygen atoms in total. The van der Waals surface area contributed by atoms with Gasteiger partial charge in [0.05, 0.1) is 11.1 Å². The highest BCUT2D eigenvalue weighted by Crippen LogP contribution is 2.14. The number of aliphatic hydroxyl groups excluding tert-OH is 1. The van der Waals surface area contributed by atoms with Crippen LogP contribution >= 0.6 is 11.6 Å². The zero-order valence-corrected chi connectivity index (χ0v) is 9.82. The van der Waals surface area contributed by atoms with Gasteiger partial charge < -0.3 is 14.6 Å². The van der Waals surface area contributed by atoms with Gasteiger partial charge in [0, 0.05) is 26.8 Å². The summed E-state index contributed by atoms with van der Waals surface area (Å²) in [5, 5.41) is 9.70. The second-order valence-electron chi connectivity index (χ2n) is 3.69. The summed E-state index contributed by atoms with van der Waals surface area (Å²) in [6.45, 7) is 1.95. The van der Waals surface area contributed by atoms with Gasteiger partial charge in [0.1, 0.15) is 5.69 Å². The Morgan fingerprint density at radius 2 is 2.33 bits per heavy atom. The van der Waals surface area contributed by atoms with E-state index in [1.807, 2.05) is 0 Å². The van der Waals surface area contributed by atoms with Crippen LogP contribution in [0, 0.1) is 0 Å². The number of carbonyl (C=O) groups excluding carboxylic acids is 1. The molecule has 0 fully saturated rings. The van der Waals surface area contributed by atoms with Crippen molar-refractivity contribution in [1.29, 1.82) is 0 Å². The van der Waals surface area contributed by atoms with E-state index in [1.54, 1.807) is 37.8 Å². The van der Waals surface area contributed by atoms with Gasteiger partial charge in [-0.1, -0.05) is 11.6 Å². The summed E-state index contributed by atoms with van der Waals surface area (Å²) < 4.78 is 1.67. The molecule has 0 aliphatic carbocycles. The van der Waals surface area contributed by atoms with E-state index in [-0.39, 0.29) is 5.91 Å². The Labute approximate surface area is 94.1 Å². The van der Waals surface area contributed by atoms with E-state index in [4.69, 9.17) is 16.7 Å². The van der Waals surface area contributed by atoms with Crippen molar-refractivity contribution < 1.29 is 9.90 Å². The van der Waals surface area contributed by atoms with Crippen LogP contribution in [-0.2, 0) is 7.05 Å². The van der Waals surface area contributed by atoms with E-state index in [1.165, 1.54) is 4.90 Å². The Bertz CT molecular complexity index is 360. The van der Waals surface area contributed by atoms with Gasteiger partial charge in [0.15, 0.2) is 0 Å². The number of nitrogens with zero attached hydrogens (tertiary/aromatic N) is 2. The number of likely N-dealkylation sites (N-methyl/N-ethyl adjacent to an activating group) is 1. The van der Waals surface area contributed by atoms with E-state index in [9.17, 15) is 4.79 Å². The topological polar surface area (TPSA) is 45.5 Å². The maximum atomic E-state index is 11.8. The van der Waals surface area contributed by atoms with Gasteiger partial charge in [-0.25, -0.2) is 0 Å². The maximum absolute atomic E-state index is 11.8. The molecule has 1 aromatic rings. The van der Waals surface area contributed by atoms with Crippen LogP contribution in [0.3, 0.4) is 0 Å². The highest BCUT2D eigenvalue weighted by atomic mass is 35.5. The summed E-state index contributed by atoms with van der Waals surface area (Å²) in [6.07, 6.45) is 1.14. The minimum atomic E-state index is -0.533. The molecule has 1 heterocycles. The van der Waals surface area contributed by atoms with Gasteiger partial charge in [-0.3, -0.25) is 4.79 Å². The van der Waals surface area contributed by atoms with Crippen LogP contribution in [-0.4, -0.2) is 40.2 Å². The molecule has 5 heteroatoms. The van der Waals surface area contributed by atoms with Gasteiger partial charge >= 0.3 is 0 Å². The number of amides is 1. The fourth-order valence-electron chi connectivity index (χ4n) is 1.41. The molecule has 1 aromatic heterocycles. The maximum Gasteiger partial charge on any atom is 0.270 e. The third-order valence-corrected chi connectivity index (χ3v) is 2.28. The molecule has 15 heavy (non-hydrogen) atoms. The first kappa shape index (κ1) is 12.1. The zero-order chi connectivity index (χ0) is 11.6. The highest BCUT2D eigenvalue weighted by molar-refractivity contribution is 6.31. The lowest BCUT2D eigenvalue weighted by atomic mass is 10.3. The lowest BCUT2D eigenvalue weighted by Gasteiger charge is -2.18. The number of aryl methyl sites for hydroxylation is 1. The summed E-state index contributed by atoms with van der Waals surface area (Å²) >= 11 is 5.78. The highest BCUT2D eigenvalue weighted by Gasteiger charge is 2.16. The molecule has 0 aliphatic rings. The molecular weight excluding hydrogens is 216 g/mol. The van der Waals surface area contributed by atoms with E-state index >= 15 is 0 Å². The van der Waals surface area contributed by atoms with Crippen LogP contribution in [0.2, 0.25) is 5.02 Å². The number of aromatic nitrogens is 1. The van der Waals surface area contributed by atoms with Crippen molar-refractivity contribution in [2.75, 3.05) is 13.6 Å². The quantitative estimate of drug-likeness (QED) is 0.846. The van der Waals surface area contributed by atoms with Gasteiger partial charge in [-0.2, -0.15) is 0 Å². The fraction of sp³-hybridized carbons (Fsp3) is 0.500. The van der Waals surface area contributed by atoms with Crippen molar-refractivity contribution in [3.8, 4) is 0 Å². The summed E-state index contributed by atoms with van der Waals surface area (Å²) in [5.74, 6) is -0.148. The molecule has 1 N–H and O–H groups in total. The smallest absolute Gasteiger partial charge is 0.270 e. The predicted octanol–water partition coefficient (Wildman–Crippen LogP) is 1.13. The average Bonchev–Trinajstić information content (AvgIpc) is 2.42. The second-order valence-corrected chi connectivity index (χ2v) is 4.13. The van der Waals surface area contributed by atoms with E-state index in [0.29, 0.717) is 17.3 Å². The van der Waals surface area contributed by atoms with E-state index in [2.05, 4.69) is 0 Å². The zero-order valence-electron chi connectivity index (χ0n) is 9.07. The molecule has 0 aromatic carbocycles. The van der Waals surface area contributed by atoms with E-state index in [0.717, 1.165) is 0 Å². The Morgan fingerprint density at radius 1 is 1.73 bits per heavy atom. The van der Waals surface area contributed by atoms with Crippen LogP contribution < -0.4 is 0 Å². The Kier molecular flexibility index (Phi) is 3.77. The molecule has 0 bridgehead atoms. The molecule has 0 spiro atoms. The normalized spacial score (nSPS) is 12.6. The van der Waals surface area contributed by atoms with Crippen molar-refractivity contribution in [1.82, 2.24) is 9.47 Å². The minimum absolute atomic E-state index is 0.148. The SMILES string of the molecule is CC(O)CN(C)C(=O)c1cc(Cl)cn1C. The van der Waals surface area contributed by atoms with Gasteiger partial charge in [0.25, 0.3) is 5.91 Å². The molecule has 0 saturated heterocycles. The molecular formula is C10H15ClN2O2. The molecule has 1 atom stereocenters. The Hall–Kier alpha value is -1.00. The number of carbonyl (C=O) groups is 1. The molecule has 0 radical (unpaired) electrons. The fourth-order valence-corrected chi connectivity index (χ4v) is 1.66. The predicted molar refractivity (Wildman–Crippen MR) is 59.1 cm³/mol. The van der Waals surface area contributed by atoms with Crippen LogP contribution in [0.5, 0.6) is 0 Å². The van der Waals surface area contributed by atoms with Gasteiger partial charge in [-0.05, 0) is 13.0 Å². The third kappa shape index (κ3) is 2.97. The molecule has 0 saturated carbocycles. The average molecular weight is 231 g/mol. The molecule has 0 aliphatic heterocycles. The molecule has 1 amide bonds. The van der Waals surface area contributed by atoms with Crippen LogP contribution in [0.4, 0.5) is 0 Å². The monoisotopic (exact) mass is 230 g/mol. The van der Waals surface area contributed by atoms with Crippen molar-refractivity contribution in [3.05, 3.63) is 23.0 Å². The van der Waals surface area contributed by atoms with Crippen LogP contribution in [0.25, 0.3) is 0 Å². The molecule has 84 valence electrons. The summed E-state index contributed by atoms with van der Waals surface area (Å²) in [4.78, 5) is 13.3. The van der Waals surface area contributed by atoms with Crippen molar-refractivity contribution in [2.24, 2.45) is 7.05 Å². The first-order valence-corrected chi connectivity index (χ1v) is 5.05. The lowest BCUT2D eigenvalue weighted by Crippen LogP contribution is -2.33. The van der Waals surface area contributed by atoms with Crippen molar-refractivity contribution in [3.63, 3.8) is 0 Å². The number of hydrogen-bond acceptors (Lipinski definition) is 2. The summed E-state index contributed by atoms with van der Waals surface area (Å²) in [6, 6.07) is 1.61. The largest absolute Gasteiger partial charge is 0.392 e.